The van der Waals surface area contributed by atoms with Crippen LogP contribution in [-0.4, -0.2) is 54.4 Å². The van der Waals surface area contributed by atoms with E-state index in [2.05, 4.69) is 21.6 Å². The van der Waals surface area contributed by atoms with Crippen molar-refractivity contribution in [3.05, 3.63) is 47.8 Å². The number of urea groups is 1. The van der Waals surface area contributed by atoms with Crippen LogP contribution in [0.2, 0.25) is 0 Å². The number of amides is 4. The molecular formula is C19H20N6O3. The van der Waals surface area contributed by atoms with E-state index in [1.165, 1.54) is 16.7 Å². The summed E-state index contributed by atoms with van der Waals surface area (Å²) in [5.74, 6) is -1.33. The molecule has 2 heterocycles. The second-order valence-electron chi connectivity index (χ2n) is 6.83. The number of rotatable bonds is 6. The molecule has 0 unspecified atom stereocenters. The first-order valence-electron chi connectivity index (χ1n) is 9.33. The van der Waals surface area contributed by atoms with Crippen LogP contribution < -0.4 is 0 Å². The van der Waals surface area contributed by atoms with Gasteiger partial charge in [-0.2, -0.15) is 4.68 Å². The van der Waals surface area contributed by atoms with Gasteiger partial charge in [0, 0.05) is 6.54 Å². The van der Waals surface area contributed by atoms with Crippen LogP contribution in [-0.2, 0) is 16.1 Å². The number of aromatic nitrogens is 4. The molecule has 9 heteroatoms. The standard InChI is InChI=1S/C19H20N6O3/c26-17-18(27)24(19(28)23(17)12-11-14-7-3-1-4-8-14)13-16-20-21-22-25(16)15-9-5-2-6-10-15/h2,5-7,9-10H,1,3-4,8,11-13H2. The molecule has 0 bridgehead atoms. The number of carbonyl (C=O) groups excluding carboxylic acids is 3. The van der Waals surface area contributed by atoms with Crippen molar-refractivity contribution in [2.75, 3.05) is 6.54 Å². The maximum absolute atomic E-state index is 12.7. The van der Waals surface area contributed by atoms with Gasteiger partial charge in [-0.15, -0.1) is 5.10 Å². The first-order chi connectivity index (χ1) is 13.6. The number of benzene rings is 1. The van der Waals surface area contributed by atoms with Gasteiger partial charge in [0.2, 0.25) is 0 Å². The van der Waals surface area contributed by atoms with Gasteiger partial charge >= 0.3 is 17.8 Å². The number of allylic oxidation sites excluding steroid dienone is 1. The van der Waals surface area contributed by atoms with Gasteiger partial charge in [-0.3, -0.25) is 14.5 Å². The van der Waals surface area contributed by atoms with Crippen molar-refractivity contribution in [1.82, 2.24) is 30.0 Å². The van der Waals surface area contributed by atoms with E-state index in [-0.39, 0.29) is 13.1 Å². The highest BCUT2D eigenvalue weighted by atomic mass is 16.2. The molecular weight excluding hydrogens is 360 g/mol. The Balaban J connectivity index is 1.48. The van der Waals surface area contributed by atoms with E-state index < -0.39 is 17.8 Å². The molecule has 144 valence electrons. The predicted molar refractivity (Wildman–Crippen MR) is 98.0 cm³/mol. The molecule has 1 aromatic heterocycles. The summed E-state index contributed by atoms with van der Waals surface area (Å²) in [4.78, 5) is 39.3. The fraction of sp³-hybridized carbons (Fsp3) is 0.368. The van der Waals surface area contributed by atoms with Crippen molar-refractivity contribution in [2.45, 2.75) is 38.6 Å². The zero-order chi connectivity index (χ0) is 19.5. The summed E-state index contributed by atoms with van der Waals surface area (Å²) >= 11 is 0. The molecule has 9 nitrogen and oxygen atoms in total. The molecule has 1 aliphatic heterocycles. The minimum Gasteiger partial charge on any atom is -0.263 e. The third-order valence-corrected chi connectivity index (χ3v) is 5.01. The Morgan fingerprint density at radius 1 is 0.964 bits per heavy atom. The molecule has 0 N–H and O–H groups in total. The zero-order valence-electron chi connectivity index (χ0n) is 15.3. The smallest absolute Gasteiger partial charge is 0.263 e. The third-order valence-electron chi connectivity index (χ3n) is 5.01. The maximum atomic E-state index is 12.7. The lowest BCUT2D eigenvalue weighted by Gasteiger charge is -2.17. The molecule has 0 spiro atoms. The fourth-order valence-electron chi connectivity index (χ4n) is 3.49. The molecule has 1 aromatic carbocycles. The third kappa shape index (κ3) is 3.42. The Bertz CT molecular complexity index is 936. The van der Waals surface area contributed by atoms with Gasteiger partial charge < -0.3 is 0 Å². The molecule has 1 saturated heterocycles. The summed E-state index contributed by atoms with van der Waals surface area (Å²) < 4.78 is 1.44. The summed E-state index contributed by atoms with van der Waals surface area (Å²) in [5.41, 5.74) is 1.94. The van der Waals surface area contributed by atoms with E-state index in [0.717, 1.165) is 29.1 Å². The Hall–Kier alpha value is -3.36. The van der Waals surface area contributed by atoms with Crippen LogP contribution in [0.1, 0.15) is 37.9 Å². The lowest BCUT2D eigenvalue weighted by molar-refractivity contribution is -0.143. The Morgan fingerprint density at radius 3 is 2.50 bits per heavy atom. The number of tetrazole rings is 1. The van der Waals surface area contributed by atoms with Crippen LogP contribution in [0.5, 0.6) is 0 Å². The average molecular weight is 380 g/mol. The van der Waals surface area contributed by atoms with Gasteiger partial charge in [-0.1, -0.05) is 29.8 Å². The van der Waals surface area contributed by atoms with Crippen molar-refractivity contribution in [3.63, 3.8) is 0 Å². The minimum absolute atomic E-state index is 0.162. The highest BCUT2D eigenvalue weighted by molar-refractivity contribution is 6.44. The fourth-order valence-corrected chi connectivity index (χ4v) is 3.49. The molecule has 2 aliphatic rings. The summed E-state index contributed by atoms with van der Waals surface area (Å²) in [5, 5.41) is 11.5. The number of hydrogen-bond acceptors (Lipinski definition) is 6. The molecule has 1 fully saturated rings. The molecule has 2 aromatic rings. The highest BCUT2D eigenvalue weighted by Gasteiger charge is 2.44. The van der Waals surface area contributed by atoms with Gasteiger partial charge in [0.15, 0.2) is 5.82 Å². The number of imide groups is 2. The first-order valence-corrected chi connectivity index (χ1v) is 9.33. The van der Waals surface area contributed by atoms with Crippen molar-refractivity contribution in [1.29, 1.82) is 0 Å². The van der Waals surface area contributed by atoms with E-state index in [9.17, 15) is 14.4 Å². The lowest BCUT2D eigenvalue weighted by atomic mass is 9.97. The predicted octanol–water partition coefficient (Wildman–Crippen LogP) is 1.84. The topological polar surface area (TPSA) is 101 Å². The average Bonchev–Trinajstić information content (AvgIpc) is 3.27. The maximum Gasteiger partial charge on any atom is 0.334 e. The zero-order valence-corrected chi connectivity index (χ0v) is 15.3. The van der Waals surface area contributed by atoms with E-state index >= 15 is 0 Å². The Kier molecular flexibility index (Phi) is 4.96. The van der Waals surface area contributed by atoms with Crippen LogP contribution in [0.25, 0.3) is 5.69 Å². The van der Waals surface area contributed by atoms with Crippen LogP contribution in [0.3, 0.4) is 0 Å². The molecule has 4 rings (SSSR count). The van der Waals surface area contributed by atoms with Crippen LogP contribution in [0.15, 0.2) is 42.0 Å². The number of nitrogens with zero attached hydrogens (tertiary/aromatic N) is 6. The molecule has 0 radical (unpaired) electrons. The molecule has 0 atom stereocenters. The molecule has 4 amide bonds. The lowest BCUT2D eigenvalue weighted by Crippen LogP contribution is -2.34. The SMILES string of the molecule is O=C1C(=O)N(Cc2nnnn2-c2ccccc2)C(=O)N1CCC1=CCCCC1. The van der Waals surface area contributed by atoms with Gasteiger partial charge in [-0.05, 0) is 54.7 Å². The molecule has 28 heavy (non-hydrogen) atoms. The molecule has 1 aliphatic carbocycles. The summed E-state index contributed by atoms with van der Waals surface area (Å²) in [6, 6.07) is 8.52. The first kappa shape index (κ1) is 18.0. The normalized spacial score (nSPS) is 17.4. The minimum atomic E-state index is -0.842. The van der Waals surface area contributed by atoms with Crippen LogP contribution >= 0.6 is 0 Å². The van der Waals surface area contributed by atoms with Crippen LogP contribution in [0.4, 0.5) is 4.79 Å². The number of carbonyl (C=O) groups is 3. The number of para-hydroxylation sites is 1. The quantitative estimate of drug-likeness (QED) is 0.431. The Morgan fingerprint density at radius 2 is 1.75 bits per heavy atom. The number of hydrogen-bond donors (Lipinski definition) is 0. The highest BCUT2D eigenvalue weighted by Crippen LogP contribution is 2.22. The van der Waals surface area contributed by atoms with Crippen LogP contribution in [0, 0.1) is 0 Å². The van der Waals surface area contributed by atoms with Crippen molar-refractivity contribution >= 4 is 17.8 Å². The van der Waals surface area contributed by atoms with Crippen molar-refractivity contribution < 1.29 is 14.4 Å². The monoisotopic (exact) mass is 380 g/mol. The molecule has 0 saturated carbocycles. The van der Waals surface area contributed by atoms with Gasteiger partial charge in [0.1, 0.15) is 0 Å². The summed E-state index contributed by atoms with van der Waals surface area (Å²) in [6.07, 6.45) is 7.10. The van der Waals surface area contributed by atoms with E-state index in [1.54, 1.807) is 0 Å². The van der Waals surface area contributed by atoms with Gasteiger partial charge in [0.25, 0.3) is 0 Å². The second kappa shape index (κ2) is 7.71. The second-order valence-corrected chi connectivity index (χ2v) is 6.83. The van der Waals surface area contributed by atoms with E-state index in [4.69, 9.17) is 0 Å². The van der Waals surface area contributed by atoms with Crippen molar-refractivity contribution in [2.24, 2.45) is 0 Å². The largest absolute Gasteiger partial charge is 0.334 e. The van der Waals surface area contributed by atoms with Crippen molar-refractivity contribution in [3.8, 4) is 5.69 Å². The van der Waals surface area contributed by atoms with E-state index in [1.807, 2.05) is 30.3 Å². The van der Waals surface area contributed by atoms with Gasteiger partial charge in [-0.25, -0.2) is 9.69 Å². The van der Waals surface area contributed by atoms with Gasteiger partial charge in [0.05, 0.1) is 12.2 Å². The summed E-state index contributed by atoms with van der Waals surface area (Å²) in [7, 11) is 0. The Labute approximate surface area is 161 Å². The van der Waals surface area contributed by atoms with E-state index in [0.29, 0.717) is 17.9 Å². The summed E-state index contributed by atoms with van der Waals surface area (Å²) in [6.45, 7) is 0.0554.